The summed E-state index contributed by atoms with van der Waals surface area (Å²) in [6, 6.07) is 4.86. The molecule has 2 aromatic rings. The van der Waals surface area contributed by atoms with Gasteiger partial charge in [0.25, 0.3) is 0 Å². The van der Waals surface area contributed by atoms with Crippen LogP contribution in [0.1, 0.15) is 43.0 Å². The molecule has 0 spiro atoms. The van der Waals surface area contributed by atoms with E-state index >= 15 is 0 Å². The van der Waals surface area contributed by atoms with Gasteiger partial charge in [0.15, 0.2) is 17.5 Å². The number of unbranched alkanes of at least 4 members (excludes halogenated alkanes) is 2. The van der Waals surface area contributed by atoms with Gasteiger partial charge in [-0.05, 0) is 36.2 Å². The zero-order chi connectivity index (χ0) is 21.0. The monoisotopic (exact) mass is 410 g/mol. The molecule has 156 valence electrons. The van der Waals surface area contributed by atoms with Gasteiger partial charge >= 0.3 is 5.97 Å². The van der Waals surface area contributed by atoms with Crippen LogP contribution in [0.5, 0.6) is 0 Å². The predicted octanol–water partition coefficient (Wildman–Crippen LogP) is 5.66. The minimum Gasteiger partial charge on any atom is -0.461 e. The first-order valence-corrected chi connectivity index (χ1v) is 9.54. The number of carbonyl (C=O) groups is 1. The topological polar surface area (TPSA) is 35.5 Å². The molecule has 0 bridgehead atoms. The van der Waals surface area contributed by atoms with Crippen LogP contribution >= 0.6 is 0 Å². The number of benzene rings is 2. The quantitative estimate of drug-likeness (QED) is 0.244. The first-order valence-electron chi connectivity index (χ1n) is 9.54. The lowest BCUT2D eigenvalue weighted by Crippen LogP contribution is -2.46. The molecule has 1 saturated heterocycles. The van der Waals surface area contributed by atoms with Gasteiger partial charge in [0.2, 0.25) is 0 Å². The maximum absolute atomic E-state index is 14.5. The van der Waals surface area contributed by atoms with E-state index in [0.29, 0.717) is 25.3 Å². The van der Waals surface area contributed by atoms with Gasteiger partial charge in [-0.25, -0.2) is 22.4 Å². The van der Waals surface area contributed by atoms with Gasteiger partial charge in [-0.2, -0.15) is 0 Å². The van der Waals surface area contributed by atoms with Gasteiger partial charge in [-0.1, -0.05) is 32.3 Å². The average Bonchev–Trinajstić information content (AvgIpc) is 2.66. The maximum atomic E-state index is 14.5. The van der Waals surface area contributed by atoms with Crippen molar-refractivity contribution in [3.8, 4) is 11.1 Å². The van der Waals surface area contributed by atoms with E-state index in [-0.39, 0.29) is 28.7 Å². The summed E-state index contributed by atoms with van der Waals surface area (Å²) in [5.74, 6) is -6.01. The van der Waals surface area contributed by atoms with Crippen LogP contribution in [-0.4, -0.2) is 25.8 Å². The molecule has 0 unspecified atom stereocenters. The molecule has 0 radical (unpaired) electrons. The molecule has 1 aliphatic heterocycles. The van der Waals surface area contributed by atoms with Gasteiger partial charge in [-0.15, -0.1) is 0 Å². The Morgan fingerprint density at radius 3 is 2.28 bits per heavy atom. The van der Waals surface area contributed by atoms with E-state index in [0.717, 1.165) is 31.7 Å². The fourth-order valence-corrected chi connectivity index (χ4v) is 3.33. The first kappa shape index (κ1) is 21.3. The van der Waals surface area contributed by atoms with E-state index < -0.39 is 29.2 Å². The third kappa shape index (κ3) is 4.78. The number of halogens is 4. The Morgan fingerprint density at radius 1 is 1.03 bits per heavy atom. The molecule has 3 rings (SSSR count). The van der Waals surface area contributed by atoms with Crippen molar-refractivity contribution in [3.63, 3.8) is 0 Å². The molecule has 1 heterocycles. The van der Waals surface area contributed by atoms with Crippen molar-refractivity contribution >= 4 is 5.97 Å². The molecule has 29 heavy (non-hydrogen) atoms. The number of hydrogen-bond donors (Lipinski definition) is 0. The van der Waals surface area contributed by atoms with E-state index in [4.69, 9.17) is 9.47 Å². The summed E-state index contributed by atoms with van der Waals surface area (Å²) >= 11 is 0. The summed E-state index contributed by atoms with van der Waals surface area (Å²) < 4.78 is 65.0. The van der Waals surface area contributed by atoms with Crippen molar-refractivity contribution in [3.05, 3.63) is 59.2 Å². The Balaban J connectivity index is 1.69. The highest BCUT2D eigenvalue weighted by Gasteiger charge is 2.39. The average molecular weight is 410 g/mol. The summed E-state index contributed by atoms with van der Waals surface area (Å²) in [6.45, 7) is 3.35. The fourth-order valence-electron chi connectivity index (χ4n) is 3.33. The summed E-state index contributed by atoms with van der Waals surface area (Å²) in [4.78, 5) is 12.3. The molecule has 1 aliphatic rings. The predicted molar refractivity (Wildman–Crippen MR) is 99.4 cm³/mol. The third-order valence-corrected chi connectivity index (χ3v) is 5.14. The minimum absolute atomic E-state index is 0.0155. The molecule has 0 aliphatic carbocycles. The van der Waals surface area contributed by atoms with Gasteiger partial charge in [-0.3, -0.25) is 0 Å². The Kier molecular flexibility index (Phi) is 6.57. The van der Waals surface area contributed by atoms with Crippen LogP contribution in [-0.2, 0) is 9.47 Å². The summed E-state index contributed by atoms with van der Waals surface area (Å²) in [7, 11) is 0. The Morgan fingerprint density at radius 2 is 1.72 bits per heavy atom. The number of hydrogen-bond acceptors (Lipinski definition) is 3. The van der Waals surface area contributed by atoms with Gasteiger partial charge in [0.1, 0.15) is 12.4 Å². The van der Waals surface area contributed by atoms with Crippen LogP contribution in [0.4, 0.5) is 17.6 Å². The summed E-state index contributed by atoms with van der Waals surface area (Å²) in [5.41, 5.74) is -0.520. The zero-order valence-electron chi connectivity index (χ0n) is 16.1. The number of ether oxygens (including phenoxy) is 2. The van der Waals surface area contributed by atoms with Gasteiger partial charge in [0.05, 0.1) is 24.2 Å². The second kappa shape index (κ2) is 8.95. The van der Waals surface area contributed by atoms with E-state index in [1.54, 1.807) is 0 Å². The normalized spacial score (nSPS) is 15.1. The molecule has 0 aromatic heterocycles. The molecular weight excluding hydrogens is 388 g/mol. The van der Waals surface area contributed by atoms with Crippen molar-refractivity contribution in [1.29, 1.82) is 0 Å². The third-order valence-electron chi connectivity index (χ3n) is 5.14. The number of esters is 1. The van der Waals surface area contributed by atoms with Crippen LogP contribution in [0.3, 0.4) is 0 Å². The standard InChI is InChI=1S/C22H22F4O3/c1-2-3-4-7-22(11-28-12-22)13-29-21(27)14-5-6-16(17(23)8-14)15-9-18(24)20(26)19(25)10-15/h5-6,8-10H,2-4,7,11-13H2,1H3. The van der Waals surface area contributed by atoms with Crippen molar-refractivity contribution in [2.45, 2.75) is 32.6 Å². The van der Waals surface area contributed by atoms with E-state index in [1.807, 2.05) is 0 Å². The molecule has 1 fully saturated rings. The van der Waals surface area contributed by atoms with Gasteiger partial charge in [0, 0.05) is 5.56 Å². The van der Waals surface area contributed by atoms with Crippen LogP contribution in [0.15, 0.2) is 30.3 Å². The highest BCUT2D eigenvalue weighted by atomic mass is 19.2. The summed E-state index contributed by atoms with van der Waals surface area (Å²) in [5, 5.41) is 0. The number of carbonyl (C=O) groups excluding carboxylic acids is 1. The van der Waals surface area contributed by atoms with Crippen molar-refractivity contribution in [2.24, 2.45) is 5.41 Å². The van der Waals surface area contributed by atoms with E-state index in [9.17, 15) is 22.4 Å². The van der Waals surface area contributed by atoms with Crippen LogP contribution < -0.4 is 0 Å². The van der Waals surface area contributed by atoms with E-state index in [2.05, 4.69) is 6.92 Å². The molecule has 2 aromatic carbocycles. The smallest absolute Gasteiger partial charge is 0.338 e. The fraction of sp³-hybridized carbons (Fsp3) is 0.409. The van der Waals surface area contributed by atoms with Crippen molar-refractivity contribution in [1.82, 2.24) is 0 Å². The largest absolute Gasteiger partial charge is 0.461 e. The minimum atomic E-state index is -1.62. The van der Waals surface area contributed by atoms with Crippen LogP contribution in [0.2, 0.25) is 0 Å². The Bertz CT molecular complexity index is 871. The lowest BCUT2D eigenvalue weighted by Gasteiger charge is -2.41. The molecule has 7 heteroatoms. The lowest BCUT2D eigenvalue weighted by atomic mass is 9.81. The van der Waals surface area contributed by atoms with Crippen LogP contribution in [0.25, 0.3) is 11.1 Å². The van der Waals surface area contributed by atoms with E-state index in [1.165, 1.54) is 12.1 Å². The maximum Gasteiger partial charge on any atom is 0.338 e. The van der Waals surface area contributed by atoms with Crippen molar-refractivity contribution < 1.29 is 31.8 Å². The molecule has 0 saturated carbocycles. The lowest BCUT2D eigenvalue weighted by molar-refractivity contribution is -0.143. The molecule has 0 atom stereocenters. The van der Waals surface area contributed by atoms with Crippen LogP contribution in [0, 0.1) is 28.7 Å². The molecule has 3 nitrogen and oxygen atoms in total. The number of rotatable bonds is 8. The highest BCUT2D eigenvalue weighted by molar-refractivity contribution is 5.90. The Hall–Kier alpha value is -2.41. The SMILES string of the molecule is CCCCCC1(COC(=O)c2ccc(-c3cc(F)c(F)c(F)c3)c(F)c2)COC1. The zero-order valence-corrected chi connectivity index (χ0v) is 16.1. The second-order valence-corrected chi connectivity index (χ2v) is 7.47. The highest BCUT2D eigenvalue weighted by Crippen LogP contribution is 2.34. The molecule has 0 N–H and O–H groups in total. The first-order chi connectivity index (χ1) is 13.8. The summed E-state index contributed by atoms with van der Waals surface area (Å²) in [6.07, 6.45) is 4.09. The van der Waals surface area contributed by atoms with Crippen molar-refractivity contribution in [2.75, 3.05) is 19.8 Å². The molecular formula is C22H22F4O3. The van der Waals surface area contributed by atoms with Gasteiger partial charge < -0.3 is 9.47 Å². The Labute approximate surface area is 166 Å². The molecule has 0 amide bonds. The second-order valence-electron chi connectivity index (χ2n) is 7.47.